The van der Waals surface area contributed by atoms with E-state index in [1.54, 1.807) is 7.11 Å². The zero-order valence-electron chi connectivity index (χ0n) is 15.9. The maximum Gasteiger partial charge on any atom is 0.419 e. The molecule has 2 N–H and O–H groups in total. The van der Waals surface area contributed by atoms with Crippen molar-refractivity contribution < 1.29 is 41.0 Å². The van der Waals surface area contributed by atoms with Gasteiger partial charge in [0.25, 0.3) is 5.91 Å². The molecule has 2 aromatic carbocycles. The highest BCUT2D eigenvalue weighted by molar-refractivity contribution is 5.97. The van der Waals surface area contributed by atoms with Gasteiger partial charge >= 0.3 is 6.18 Å². The number of ether oxygens (including phenoxy) is 1. The number of methoxy groups -OCH3 is 1. The Hall–Kier alpha value is -3.21. The van der Waals surface area contributed by atoms with Gasteiger partial charge in [-0.1, -0.05) is 0 Å². The van der Waals surface area contributed by atoms with Crippen molar-refractivity contribution in [3.05, 3.63) is 47.0 Å². The summed E-state index contributed by atoms with van der Waals surface area (Å²) in [7, 11) is 1.58. The molecule has 1 aliphatic rings. The predicted octanol–water partition coefficient (Wildman–Crippen LogP) is 4.40. The summed E-state index contributed by atoms with van der Waals surface area (Å²) in [5, 5.41) is 12.3. The van der Waals surface area contributed by atoms with Gasteiger partial charge < -0.3 is 19.6 Å². The fraction of sp³-hybridized carbons (Fsp3) is 0.300. The van der Waals surface area contributed by atoms with Crippen molar-refractivity contribution in [3.8, 4) is 17.2 Å². The molecule has 3 aromatic rings. The number of carbonyl (C=O) groups excluding carboxylic acids is 1. The van der Waals surface area contributed by atoms with Crippen LogP contribution in [-0.4, -0.2) is 35.3 Å². The van der Waals surface area contributed by atoms with Crippen LogP contribution < -0.4 is 5.32 Å². The van der Waals surface area contributed by atoms with Crippen molar-refractivity contribution in [1.29, 1.82) is 0 Å². The number of phenols is 1. The van der Waals surface area contributed by atoms with Crippen molar-refractivity contribution in [2.75, 3.05) is 7.11 Å². The molecule has 1 fully saturated rings. The number of amides is 1. The minimum absolute atomic E-state index is 0.0434. The average Bonchev–Trinajstić information content (AvgIpc) is 3.10. The quantitative estimate of drug-likeness (QED) is 0.585. The molecule has 4 rings (SSSR count). The topological polar surface area (TPSA) is 84.6 Å². The molecule has 1 saturated carbocycles. The molecule has 31 heavy (non-hydrogen) atoms. The number of rotatable bonds is 4. The highest BCUT2D eigenvalue weighted by Gasteiger charge is 2.38. The Morgan fingerprint density at radius 1 is 1.23 bits per heavy atom. The van der Waals surface area contributed by atoms with Gasteiger partial charge in [-0.15, -0.1) is 0 Å². The van der Waals surface area contributed by atoms with Crippen LogP contribution in [0.4, 0.5) is 22.0 Å². The van der Waals surface area contributed by atoms with Gasteiger partial charge in [-0.25, -0.2) is 13.8 Å². The van der Waals surface area contributed by atoms with Crippen LogP contribution in [0.2, 0.25) is 0 Å². The molecular weight excluding hydrogens is 427 g/mol. The number of aromatic nitrogens is 1. The summed E-state index contributed by atoms with van der Waals surface area (Å²) in [6.45, 7) is 0. The van der Waals surface area contributed by atoms with E-state index in [-0.39, 0.29) is 34.9 Å². The number of alkyl halides is 3. The maximum absolute atomic E-state index is 14.3. The standard InChI is InChI=1S/C20H15F5N2O4/c1-30-10-5-9(6-10)26-18(29)8-2-3-14-13(4-8)27-19(31-14)11-7-12(20(23,24)25)16(22)17(28)15(11)21/h2-4,7,9-10,28H,5-6H2,1H3,(H,26,29)/t9-,10-. The lowest BCUT2D eigenvalue weighted by atomic mass is 9.89. The van der Waals surface area contributed by atoms with Crippen LogP contribution in [0.1, 0.15) is 28.8 Å². The van der Waals surface area contributed by atoms with Gasteiger partial charge in [-0.3, -0.25) is 4.79 Å². The zero-order valence-corrected chi connectivity index (χ0v) is 15.9. The fourth-order valence-electron chi connectivity index (χ4n) is 3.31. The summed E-state index contributed by atoms with van der Waals surface area (Å²) in [5.74, 6) is -6.56. The third-order valence-electron chi connectivity index (χ3n) is 5.13. The van der Waals surface area contributed by atoms with Crippen molar-refractivity contribution in [1.82, 2.24) is 10.3 Å². The third kappa shape index (κ3) is 3.80. The first-order valence-corrected chi connectivity index (χ1v) is 9.11. The van der Waals surface area contributed by atoms with E-state index in [0.717, 1.165) is 0 Å². The SMILES string of the molecule is CO[C@H]1C[C@H](NC(=O)c2ccc3oc(-c4cc(C(F)(F)F)c(F)c(O)c4F)nc3c2)C1. The number of nitrogens with one attached hydrogen (secondary N) is 1. The molecule has 164 valence electrons. The minimum atomic E-state index is -5.18. The van der Waals surface area contributed by atoms with Crippen LogP contribution in [0, 0.1) is 11.6 Å². The smallest absolute Gasteiger partial charge is 0.419 e. The molecular formula is C20H15F5N2O4. The first-order valence-electron chi connectivity index (χ1n) is 9.11. The van der Waals surface area contributed by atoms with Crippen LogP contribution >= 0.6 is 0 Å². The Morgan fingerprint density at radius 3 is 2.58 bits per heavy atom. The molecule has 1 amide bonds. The first kappa shape index (κ1) is 21.0. The van der Waals surface area contributed by atoms with E-state index in [2.05, 4.69) is 10.3 Å². The van der Waals surface area contributed by atoms with E-state index in [0.29, 0.717) is 12.8 Å². The van der Waals surface area contributed by atoms with E-state index in [9.17, 15) is 31.9 Å². The van der Waals surface area contributed by atoms with E-state index in [4.69, 9.17) is 9.15 Å². The molecule has 0 unspecified atom stereocenters. The molecule has 6 nitrogen and oxygen atoms in total. The normalized spacial score (nSPS) is 18.8. The summed E-state index contributed by atoms with van der Waals surface area (Å²) >= 11 is 0. The van der Waals surface area contributed by atoms with E-state index in [1.165, 1.54) is 18.2 Å². The molecule has 0 radical (unpaired) electrons. The number of benzene rings is 2. The van der Waals surface area contributed by atoms with Gasteiger partial charge in [0.1, 0.15) is 5.52 Å². The predicted molar refractivity (Wildman–Crippen MR) is 97.3 cm³/mol. The second kappa shape index (κ2) is 7.49. The van der Waals surface area contributed by atoms with E-state index in [1.807, 2.05) is 0 Å². The highest BCUT2D eigenvalue weighted by Crippen LogP contribution is 2.40. The van der Waals surface area contributed by atoms with Crippen molar-refractivity contribution in [2.45, 2.75) is 31.2 Å². The summed E-state index contributed by atoms with van der Waals surface area (Å²) in [6, 6.07) is 4.23. The number of aromatic hydroxyl groups is 1. The van der Waals surface area contributed by atoms with Crippen LogP contribution in [0.5, 0.6) is 5.75 Å². The van der Waals surface area contributed by atoms with Gasteiger partial charge in [-0.05, 0) is 37.1 Å². The van der Waals surface area contributed by atoms with Gasteiger partial charge in [0.05, 0.1) is 17.2 Å². The number of phenolic OH excluding ortho intramolecular Hbond substituents is 1. The van der Waals surface area contributed by atoms with Crippen LogP contribution in [0.3, 0.4) is 0 Å². The molecule has 0 saturated heterocycles. The van der Waals surface area contributed by atoms with Crippen LogP contribution in [0.25, 0.3) is 22.6 Å². The number of nitrogens with zero attached hydrogens (tertiary/aromatic N) is 1. The van der Waals surface area contributed by atoms with Gasteiger partial charge in [0, 0.05) is 18.7 Å². The third-order valence-corrected chi connectivity index (χ3v) is 5.13. The zero-order chi connectivity index (χ0) is 22.5. The molecule has 0 bridgehead atoms. The highest BCUT2D eigenvalue weighted by atomic mass is 19.4. The average molecular weight is 442 g/mol. The number of oxazole rings is 1. The van der Waals surface area contributed by atoms with Crippen molar-refractivity contribution in [3.63, 3.8) is 0 Å². The second-order valence-electron chi connectivity index (χ2n) is 7.15. The minimum Gasteiger partial charge on any atom is -0.503 e. The molecule has 0 atom stereocenters. The lowest BCUT2D eigenvalue weighted by molar-refractivity contribution is -0.140. The largest absolute Gasteiger partial charge is 0.503 e. The Kier molecular flexibility index (Phi) is 5.08. The first-order chi connectivity index (χ1) is 14.6. The molecule has 1 aliphatic carbocycles. The number of carbonyl (C=O) groups is 1. The molecule has 11 heteroatoms. The molecule has 1 aromatic heterocycles. The second-order valence-corrected chi connectivity index (χ2v) is 7.15. The van der Waals surface area contributed by atoms with Crippen molar-refractivity contribution >= 4 is 17.0 Å². The number of hydrogen-bond donors (Lipinski definition) is 2. The van der Waals surface area contributed by atoms with Gasteiger partial charge in [0.15, 0.2) is 23.0 Å². The monoisotopic (exact) mass is 442 g/mol. The fourth-order valence-corrected chi connectivity index (χ4v) is 3.31. The Labute approximate surface area is 171 Å². The Balaban J connectivity index is 1.66. The van der Waals surface area contributed by atoms with Crippen LogP contribution in [0.15, 0.2) is 28.7 Å². The molecule has 0 aliphatic heterocycles. The van der Waals surface area contributed by atoms with Crippen LogP contribution in [-0.2, 0) is 10.9 Å². The summed E-state index contributed by atoms with van der Waals surface area (Å²) in [4.78, 5) is 16.3. The number of fused-ring (bicyclic) bond motifs is 1. The Bertz CT molecular complexity index is 1170. The van der Waals surface area contributed by atoms with Gasteiger partial charge in [-0.2, -0.15) is 13.2 Å². The lowest BCUT2D eigenvalue weighted by Gasteiger charge is -2.34. The maximum atomic E-state index is 14.3. The summed E-state index contributed by atoms with van der Waals surface area (Å²) < 4.78 is 77.4. The molecule has 1 heterocycles. The van der Waals surface area contributed by atoms with E-state index < -0.39 is 46.5 Å². The number of halogens is 5. The van der Waals surface area contributed by atoms with Crippen molar-refractivity contribution in [2.24, 2.45) is 0 Å². The lowest BCUT2D eigenvalue weighted by Crippen LogP contribution is -2.47. The number of hydrogen-bond acceptors (Lipinski definition) is 5. The van der Waals surface area contributed by atoms with E-state index >= 15 is 0 Å². The van der Waals surface area contributed by atoms with Gasteiger partial charge in [0.2, 0.25) is 5.89 Å². The summed E-state index contributed by atoms with van der Waals surface area (Å²) in [6.07, 6.45) is -3.74. The molecule has 0 spiro atoms. The Morgan fingerprint density at radius 2 is 1.94 bits per heavy atom. The summed E-state index contributed by atoms with van der Waals surface area (Å²) in [5.41, 5.74) is -2.38.